The highest BCUT2D eigenvalue weighted by Crippen LogP contribution is 2.15. The molecule has 0 radical (unpaired) electrons. The van der Waals surface area contributed by atoms with Gasteiger partial charge >= 0.3 is 0 Å². The molecule has 0 bridgehead atoms. The quantitative estimate of drug-likeness (QED) is 0.789. The molecule has 1 aromatic heterocycles. The number of halogens is 1. The molecule has 2 aromatic rings. The van der Waals surface area contributed by atoms with Crippen LogP contribution in [-0.4, -0.2) is 26.5 Å². The molecule has 1 amide bonds. The first-order chi connectivity index (χ1) is 7.66. The number of H-pyrrole nitrogens is 1. The minimum Gasteiger partial charge on any atom is -0.317 e. The highest BCUT2D eigenvalue weighted by molar-refractivity contribution is 6.01. The zero-order valence-corrected chi connectivity index (χ0v) is 8.36. The van der Waals surface area contributed by atoms with Crippen molar-refractivity contribution in [2.24, 2.45) is 0 Å². The Labute approximate surface area is 89.9 Å². The van der Waals surface area contributed by atoms with E-state index in [9.17, 15) is 9.18 Å². The Morgan fingerprint density at radius 3 is 2.94 bits per heavy atom. The van der Waals surface area contributed by atoms with Crippen molar-refractivity contribution >= 4 is 11.6 Å². The van der Waals surface area contributed by atoms with Gasteiger partial charge in [0.15, 0.2) is 0 Å². The van der Waals surface area contributed by atoms with E-state index in [-0.39, 0.29) is 11.5 Å². The van der Waals surface area contributed by atoms with Crippen LogP contribution >= 0.6 is 0 Å². The molecule has 2 N–H and O–H groups in total. The van der Waals surface area contributed by atoms with Crippen LogP contribution < -0.4 is 5.32 Å². The Morgan fingerprint density at radius 2 is 2.31 bits per heavy atom. The molecule has 0 saturated heterocycles. The first-order valence-electron chi connectivity index (χ1n) is 4.48. The maximum atomic E-state index is 13.4. The van der Waals surface area contributed by atoms with Crippen LogP contribution in [0.25, 0.3) is 0 Å². The standard InChI is InChI=1S/C9H8FN5O/c1-5-2-3-7(6(10)4-5)11-9(16)8-12-14-15-13-8/h2-4H,1H3,(H,11,16)(H,12,13,14,15). The molecular formula is C9H8FN5O. The van der Waals surface area contributed by atoms with Gasteiger partial charge in [-0.25, -0.2) is 4.39 Å². The third-order valence-corrected chi connectivity index (χ3v) is 1.92. The van der Waals surface area contributed by atoms with Crippen molar-refractivity contribution in [3.63, 3.8) is 0 Å². The molecule has 7 heteroatoms. The predicted octanol–water partition coefficient (Wildman–Crippen LogP) is 0.900. The highest BCUT2D eigenvalue weighted by atomic mass is 19.1. The van der Waals surface area contributed by atoms with E-state index in [0.717, 1.165) is 5.56 Å². The summed E-state index contributed by atoms with van der Waals surface area (Å²) in [7, 11) is 0. The molecule has 0 atom stereocenters. The minimum atomic E-state index is -0.614. The molecule has 0 unspecified atom stereocenters. The Balaban J connectivity index is 2.18. The molecule has 0 aliphatic carbocycles. The van der Waals surface area contributed by atoms with E-state index in [4.69, 9.17) is 0 Å². The number of nitrogens with zero attached hydrogens (tertiary/aromatic N) is 3. The molecule has 0 aliphatic rings. The zero-order chi connectivity index (χ0) is 11.5. The number of carbonyl (C=O) groups excluding carboxylic acids is 1. The summed E-state index contributed by atoms with van der Waals surface area (Å²) in [6, 6.07) is 4.49. The summed E-state index contributed by atoms with van der Waals surface area (Å²) >= 11 is 0. The zero-order valence-electron chi connectivity index (χ0n) is 8.36. The number of carbonyl (C=O) groups is 1. The normalized spacial score (nSPS) is 10.1. The fraction of sp³-hybridized carbons (Fsp3) is 0.111. The van der Waals surface area contributed by atoms with Crippen LogP contribution in [0.4, 0.5) is 10.1 Å². The van der Waals surface area contributed by atoms with E-state index in [1.807, 2.05) is 0 Å². The molecule has 0 spiro atoms. The largest absolute Gasteiger partial charge is 0.317 e. The summed E-state index contributed by atoms with van der Waals surface area (Å²) in [5.74, 6) is -1.26. The van der Waals surface area contributed by atoms with Crippen LogP contribution in [0.5, 0.6) is 0 Å². The predicted molar refractivity (Wildman–Crippen MR) is 53.3 cm³/mol. The molecule has 82 valence electrons. The topological polar surface area (TPSA) is 83.6 Å². The van der Waals surface area contributed by atoms with Crippen molar-refractivity contribution in [1.82, 2.24) is 20.6 Å². The molecule has 0 saturated carbocycles. The number of aromatic amines is 1. The van der Waals surface area contributed by atoms with E-state index in [1.54, 1.807) is 13.0 Å². The number of rotatable bonds is 2. The number of hydrogen-bond acceptors (Lipinski definition) is 4. The van der Waals surface area contributed by atoms with Crippen LogP contribution in [-0.2, 0) is 0 Å². The number of anilines is 1. The Bertz CT molecular complexity index is 511. The third kappa shape index (κ3) is 2.02. The Hall–Kier alpha value is -2.31. The summed E-state index contributed by atoms with van der Waals surface area (Å²) in [5, 5.41) is 14.7. The van der Waals surface area contributed by atoms with E-state index in [0.29, 0.717) is 0 Å². The fourth-order valence-corrected chi connectivity index (χ4v) is 1.16. The number of aryl methyl sites for hydroxylation is 1. The smallest absolute Gasteiger partial charge is 0.297 e. The van der Waals surface area contributed by atoms with Gasteiger partial charge in [0.1, 0.15) is 5.82 Å². The van der Waals surface area contributed by atoms with Crippen LogP contribution in [0, 0.1) is 12.7 Å². The molecule has 2 rings (SSSR count). The van der Waals surface area contributed by atoms with Crippen molar-refractivity contribution in [2.45, 2.75) is 6.92 Å². The maximum Gasteiger partial charge on any atom is 0.297 e. The summed E-state index contributed by atoms with van der Waals surface area (Å²) < 4.78 is 13.4. The summed E-state index contributed by atoms with van der Waals surface area (Å²) in [5.41, 5.74) is 0.857. The lowest BCUT2D eigenvalue weighted by molar-refractivity contribution is 0.101. The van der Waals surface area contributed by atoms with Crippen molar-refractivity contribution in [3.8, 4) is 0 Å². The van der Waals surface area contributed by atoms with Crippen LogP contribution in [0.1, 0.15) is 16.2 Å². The van der Waals surface area contributed by atoms with Gasteiger partial charge in [0.25, 0.3) is 11.7 Å². The first-order valence-corrected chi connectivity index (χ1v) is 4.48. The number of benzene rings is 1. The van der Waals surface area contributed by atoms with Crippen molar-refractivity contribution in [1.29, 1.82) is 0 Å². The number of aromatic nitrogens is 4. The average molecular weight is 221 g/mol. The monoisotopic (exact) mass is 221 g/mol. The lowest BCUT2D eigenvalue weighted by Gasteiger charge is -2.04. The lowest BCUT2D eigenvalue weighted by atomic mass is 10.2. The SMILES string of the molecule is Cc1ccc(NC(=O)c2nn[nH]n2)c(F)c1. The molecule has 6 nitrogen and oxygen atoms in total. The number of tetrazole rings is 1. The van der Waals surface area contributed by atoms with E-state index in [1.165, 1.54) is 12.1 Å². The first kappa shape index (κ1) is 10.2. The summed E-state index contributed by atoms with van der Waals surface area (Å²) in [6.45, 7) is 1.76. The minimum absolute atomic E-state index is 0.0837. The molecular weight excluding hydrogens is 213 g/mol. The molecule has 0 aliphatic heterocycles. The highest BCUT2D eigenvalue weighted by Gasteiger charge is 2.12. The van der Waals surface area contributed by atoms with Crippen LogP contribution in [0.3, 0.4) is 0 Å². The van der Waals surface area contributed by atoms with Gasteiger partial charge in [0.05, 0.1) is 5.69 Å². The Morgan fingerprint density at radius 1 is 1.50 bits per heavy atom. The van der Waals surface area contributed by atoms with Gasteiger partial charge in [-0.1, -0.05) is 6.07 Å². The number of nitrogens with one attached hydrogen (secondary N) is 2. The van der Waals surface area contributed by atoms with Gasteiger partial charge < -0.3 is 5.32 Å². The van der Waals surface area contributed by atoms with Gasteiger partial charge in [-0.05, 0) is 29.8 Å². The van der Waals surface area contributed by atoms with Gasteiger partial charge in [0.2, 0.25) is 0 Å². The van der Waals surface area contributed by atoms with Crippen molar-refractivity contribution in [2.75, 3.05) is 5.32 Å². The van der Waals surface area contributed by atoms with Crippen LogP contribution in [0.15, 0.2) is 18.2 Å². The van der Waals surface area contributed by atoms with E-state index in [2.05, 4.69) is 25.9 Å². The number of hydrogen-bond donors (Lipinski definition) is 2. The van der Waals surface area contributed by atoms with Gasteiger partial charge in [-0.15, -0.1) is 10.2 Å². The summed E-state index contributed by atoms with van der Waals surface area (Å²) in [4.78, 5) is 11.4. The second-order valence-electron chi connectivity index (χ2n) is 3.17. The van der Waals surface area contributed by atoms with Gasteiger partial charge in [-0.2, -0.15) is 5.21 Å². The maximum absolute atomic E-state index is 13.4. The molecule has 0 fully saturated rings. The Kier molecular flexibility index (Phi) is 2.59. The molecule has 1 heterocycles. The number of amides is 1. The molecule has 1 aromatic carbocycles. The third-order valence-electron chi connectivity index (χ3n) is 1.92. The van der Waals surface area contributed by atoms with E-state index >= 15 is 0 Å². The second-order valence-corrected chi connectivity index (χ2v) is 3.17. The lowest BCUT2D eigenvalue weighted by Crippen LogP contribution is -2.14. The fourth-order valence-electron chi connectivity index (χ4n) is 1.16. The summed E-state index contributed by atoms with van der Waals surface area (Å²) in [6.07, 6.45) is 0. The van der Waals surface area contributed by atoms with Crippen LogP contribution in [0.2, 0.25) is 0 Å². The van der Waals surface area contributed by atoms with Crippen molar-refractivity contribution in [3.05, 3.63) is 35.4 Å². The van der Waals surface area contributed by atoms with Gasteiger partial charge in [-0.3, -0.25) is 4.79 Å². The van der Waals surface area contributed by atoms with Gasteiger partial charge in [0, 0.05) is 0 Å². The van der Waals surface area contributed by atoms with E-state index < -0.39 is 11.7 Å². The second kappa shape index (κ2) is 4.05. The van der Waals surface area contributed by atoms with Crippen molar-refractivity contribution < 1.29 is 9.18 Å². The average Bonchev–Trinajstić information content (AvgIpc) is 2.75. The molecule has 16 heavy (non-hydrogen) atoms.